The lowest BCUT2D eigenvalue weighted by Crippen LogP contribution is -2.10. The number of amides is 1. The van der Waals surface area contributed by atoms with Crippen LogP contribution in [0.5, 0.6) is 0 Å². The molecule has 0 aliphatic rings. The van der Waals surface area contributed by atoms with Gasteiger partial charge in [-0.3, -0.25) is 4.79 Å². The molecule has 0 atom stereocenters. The minimum absolute atomic E-state index is 0.326. The Morgan fingerprint density at radius 3 is 2.29 bits per heavy atom. The predicted octanol–water partition coefficient (Wildman–Crippen LogP) is 1.40. The van der Waals surface area contributed by atoms with Crippen LogP contribution in [-0.4, -0.2) is 12.3 Å². The number of alkyl halides is 2. The molecule has 1 aromatic carbocycles. The molecule has 72 valence electrons. The second-order valence-electron chi connectivity index (χ2n) is 2.51. The van der Waals surface area contributed by atoms with Gasteiger partial charge in [-0.25, -0.2) is 0 Å². The number of rotatable bonds is 1. The van der Waals surface area contributed by atoms with E-state index in [0.717, 1.165) is 0 Å². The summed E-state index contributed by atoms with van der Waals surface area (Å²) < 4.78 is 23.4. The van der Waals surface area contributed by atoms with Gasteiger partial charge in [0.25, 0.3) is 6.43 Å². The van der Waals surface area contributed by atoms with Crippen LogP contribution >= 0.6 is 0 Å². The highest BCUT2D eigenvalue weighted by atomic mass is 19.3. The molecule has 0 unspecified atom stereocenters. The van der Waals surface area contributed by atoms with E-state index >= 15 is 0 Å². The molecule has 0 fully saturated rings. The first kappa shape index (κ1) is 10.2. The molecule has 0 aromatic heterocycles. The number of nitrogens with two attached hydrogens (primary N) is 1. The molecular weight excluding hydrogens is 188 g/mol. The minimum atomic E-state index is -2.65. The number of benzene rings is 1. The van der Waals surface area contributed by atoms with E-state index in [1.54, 1.807) is 5.92 Å². The van der Waals surface area contributed by atoms with Crippen LogP contribution < -0.4 is 5.73 Å². The van der Waals surface area contributed by atoms with Crippen molar-refractivity contribution in [1.29, 1.82) is 0 Å². The zero-order chi connectivity index (χ0) is 10.6. The summed E-state index contributed by atoms with van der Waals surface area (Å²) in [7, 11) is 0. The standard InChI is InChI=1S/C10H7F2NO/c11-9(12)6-3-7-1-4-8(5-2-7)10(13)14/h1-2,4-5,9H,(H2,13,14). The third-order valence-corrected chi connectivity index (χ3v) is 1.50. The summed E-state index contributed by atoms with van der Waals surface area (Å²) in [6.45, 7) is 0. The van der Waals surface area contributed by atoms with Crippen molar-refractivity contribution in [3.8, 4) is 11.8 Å². The molecule has 2 nitrogen and oxygen atoms in total. The Morgan fingerprint density at radius 1 is 1.29 bits per heavy atom. The lowest BCUT2D eigenvalue weighted by atomic mass is 10.1. The molecule has 1 aromatic rings. The summed E-state index contributed by atoms with van der Waals surface area (Å²) in [5.74, 6) is 3.41. The molecule has 0 radical (unpaired) electrons. The first-order chi connectivity index (χ1) is 6.59. The van der Waals surface area contributed by atoms with Crippen LogP contribution in [0.1, 0.15) is 15.9 Å². The Balaban J connectivity index is 2.85. The van der Waals surface area contributed by atoms with Crippen LogP contribution in [0.4, 0.5) is 8.78 Å². The third kappa shape index (κ3) is 2.87. The van der Waals surface area contributed by atoms with Gasteiger partial charge >= 0.3 is 0 Å². The van der Waals surface area contributed by atoms with Gasteiger partial charge in [-0.2, -0.15) is 8.78 Å². The first-order valence-corrected chi connectivity index (χ1v) is 3.79. The average molecular weight is 195 g/mol. The topological polar surface area (TPSA) is 43.1 Å². The van der Waals surface area contributed by atoms with Crippen LogP contribution in [0.15, 0.2) is 24.3 Å². The number of halogens is 2. The van der Waals surface area contributed by atoms with Crippen LogP contribution in [0, 0.1) is 11.8 Å². The molecule has 1 rings (SSSR count). The van der Waals surface area contributed by atoms with E-state index in [2.05, 4.69) is 5.92 Å². The van der Waals surface area contributed by atoms with Crippen LogP contribution in [0.25, 0.3) is 0 Å². The van der Waals surface area contributed by atoms with E-state index in [4.69, 9.17) is 5.73 Å². The zero-order valence-corrected chi connectivity index (χ0v) is 7.13. The normalized spacial score (nSPS) is 9.36. The van der Waals surface area contributed by atoms with Gasteiger partial charge in [-0.1, -0.05) is 5.92 Å². The largest absolute Gasteiger partial charge is 0.366 e. The molecule has 14 heavy (non-hydrogen) atoms. The van der Waals surface area contributed by atoms with Crippen molar-refractivity contribution in [2.45, 2.75) is 6.43 Å². The highest BCUT2D eigenvalue weighted by Crippen LogP contribution is 2.02. The summed E-state index contributed by atoms with van der Waals surface area (Å²) in [5, 5.41) is 0. The van der Waals surface area contributed by atoms with Gasteiger partial charge in [-0.05, 0) is 30.2 Å². The number of carbonyl (C=O) groups excluding carboxylic acids is 1. The van der Waals surface area contributed by atoms with Crippen molar-refractivity contribution in [2.75, 3.05) is 0 Å². The lowest BCUT2D eigenvalue weighted by molar-refractivity contribution is 0.100. The van der Waals surface area contributed by atoms with E-state index in [1.807, 2.05) is 0 Å². The van der Waals surface area contributed by atoms with Crippen LogP contribution in [-0.2, 0) is 0 Å². The Morgan fingerprint density at radius 2 is 1.86 bits per heavy atom. The third-order valence-electron chi connectivity index (χ3n) is 1.50. The molecule has 0 bridgehead atoms. The van der Waals surface area contributed by atoms with E-state index < -0.39 is 12.3 Å². The highest BCUT2D eigenvalue weighted by molar-refractivity contribution is 5.92. The Labute approximate surface area is 79.7 Å². The van der Waals surface area contributed by atoms with Crippen molar-refractivity contribution in [1.82, 2.24) is 0 Å². The first-order valence-electron chi connectivity index (χ1n) is 3.79. The molecule has 0 saturated heterocycles. The zero-order valence-electron chi connectivity index (χ0n) is 7.13. The van der Waals surface area contributed by atoms with Crippen molar-refractivity contribution >= 4 is 5.91 Å². The highest BCUT2D eigenvalue weighted by Gasteiger charge is 1.98. The Kier molecular flexibility index (Phi) is 3.19. The molecule has 0 heterocycles. The molecule has 4 heteroatoms. The SMILES string of the molecule is NC(=O)c1ccc(C#CC(F)F)cc1. The van der Waals surface area contributed by atoms with Gasteiger partial charge in [0.05, 0.1) is 0 Å². The van der Waals surface area contributed by atoms with Crippen molar-refractivity contribution in [3.63, 3.8) is 0 Å². The molecule has 0 spiro atoms. The fraction of sp³-hybridized carbons (Fsp3) is 0.100. The quantitative estimate of drug-likeness (QED) is 0.676. The summed E-state index contributed by atoms with van der Waals surface area (Å²) in [4.78, 5) is 10.6. The van der Waals surface area contributed by atoms with Gasteiger partial charge in [0.15, 0.2) is 0 Å². The number of carbonyl (C=O) groups is 1. The maximum absolute atomic E-state index is 11.7. The van der Waals surface area contributed by atoms with Gasteiger partial charge in [0.2, 0.25) is 5.91 Å². The fourth-order valence-electron chi connectivity index (χ4n) is 0.856. The van der Waals surface area contributed by atoms with Gasteiger partial charge < -0.3 is 5.73 Å². The summed E-state index contributed by atoms with van der Waals surface area (Å²) >= 11 is 0. The second-order valence-corrected chi connectivity index (χ2v) is 2.51. The molecular formula is C10H7F2NO. The van der Waals surface area contributed by atoms with Crippen molar-refractivity contribution < 1.29 is 13.6 Å². The number of hydrogen-bond acceptors (Lipinski definition) is 1. The number of primary amides is 1. The molecule has 2 N–H and O–H groups in total. The molecule has 1 amide bonds. The minimum Gasteiger partial charge on any atom is -0.366 e. The van der Waals surface area contributed by atoms with Crippen LogP contribution in [0.2, 0.25) is 0 Å². The lowest BCUT2D eigenvalue weighted by Gasteiger charge is -1.94. The van der Waals surface area contributed by atoms with Crippen molar-refractivity contribution in [3.05, 3.63) is 35.4 Å². The monoisotopic (exact) mass is 195 g/mol. The Bertz CT molecular complexity index is 387. The van der Waals surface area contributed by atoms with Gasteiger partial charge in [0.1, 0.15) is 0 Å². The average Bonchev–Trinajstić information content (AvgIpc) is 2.15. The summed E-state index contributed by atoms with van der Waals surface area (Å²) in [6, 6.07) is 5.82. The number of hydrogen-bond donors (Lipinski definition) is 1. The second kappa shape index (κ2) is 4.38. The molecule has 0 saturated carbocycles. The summed E-state index contributed by atoms with van der Waals surface area (Å²) in [6.07, 6.45) is -2.65. The van der Waals surface area contributed by atoms with E-state index in [1.165, 1.54) is 24.3 Å². The predicted molar refractivity (Wildman–Crippen MR) is 47.8 cm³/mol. The van der Waals surface area contributed by atoms with E-state index in [0.29, 0.717) is 11.1 Å². The molecule has 0 aliphatic carbocycles. The smallest absolute Gasteiger partial charge is 0.299 e. The Hall–Kier alpha value is -1.89. The van der Waals surface area contributed by atoms with Gasteiger partial charge in [0, 0.05) is 11.1 Å². The summed E-state index contributed by atoms with van der Waals surface area (Å²) in [5.41, 5.74) is 5.74. The van der Waals surface area contributed by atoms with Crippen LogP contribution in [0.3, 0.4) is 0 Å². The fourth-order valence-corrected chi connectivity index (χ4v) is 0.856. The maximum atomic E-state index is 11.7. The molecule has 0 aliphatic heterocycles. The van der Waals surface area contributed by atoms with Gasteiger partial charge in [-0.15, -0.1) is 0 Å². The maximum Gasteiger partial charge on any atom is 0.299 e. The van der Waals surface area contributed by atoms with Crippen molar-refractivity contribution in [2.24, 2.45) is 5.73 Å². The van der Waals surface area contributed by atoms with E-state index in [9.17, 15) is 13.6 Å². The van der Waals surface area contributed by atoms with E-state index in [-0.39, 0.29) is 0 Å².